The molecule has 52 valence electrons. The predicted octanol–water partition coefficient (Wildman–Crippen LogP) is -2.36. The molecule has 0 aromatic heterocycles. The molecule has 0 saturated heterocycles. The van der Waals surface area contributed by atoms with Crippen LogP contribution in [0.4, 0.5) is 0 Å². The van der Waals surface area contributed by atoms with E-state index in [-0.39, 0.29) is 0 Å². The van der Waals surface area contributed by atoms with E-state index in [1.165, 1.54) is 0 Å². The maximum atomic E-state index is 9.31. The molecule has 0 aliphatic heterocycles. The lowest BCUT2D eigenvalue weighted by Gasteiger charge is -1.79. The Hall–Kier alpha value is -0.210. The Morgan fingerprint density at radius 2 is 1.50 bits per heavy atom. The van der Waals surface area contributed by atoms with Gasteiger partial charge in [0.25, 0.3) is 10.1 Å². The van der Waals surface area contributed by atoms with E-state index in [1.807, 2.05) is 0 Å². The highest BCUT2D eigenvalue weighted by molar-refractivity contribution is 7.85. The van der Waals surface area contributed by atoms with Gasteiger partial charge in [-0.05, 0) is 0 Å². The molecule has 0 saturated carbocycles. The molecule has 0 aromatic rings. The number of hydrogen-bond donors (Lipinski definition) is 4. The second kappa shape index (κ2) is 4.94. The molecule has 7 heteroatoms. The Balaban J connectivity index is 0. The lowest BCUT2D eigenvalue weighted by atomic mass is 11.7. The van der Waals surface area contributed by atoms with Crippen molar-refractivity contribution < 1.29 is 18.1 Å². The van der Waals surface area contributed by atoms with E-state index in [9.17, 15) is 8.42 Å². The Morgan fingerprint density at radius 1 is 1.38 bits per heavy atom. The third kappa shape index (κ3) is 17.1. The molecule has 0 aromatic carbocycles. The molecule has 0 radical (unpaired) electrons. The number of hydrazine groups is 1. The summed E-state index contributed by atoms with van der Waals surface area (Å²) in [6.45, 7) is 0. The first-order valence-electron chi connectivity index (χ1n) is 1.45. The number of hydrogen-bond acceptors (Lipinski definition) is 5. The van der Waals surface area contributed by atoms with Crippen LogP contribution in [0.15, 0.2) is 0 Å². The normalized spacial score (nSPS) is 9.50. The van der Waals surface area contributed by atoms with Crippen LogP contribution in [0.25, 0.3) is 0 Å². The summed E-state index contributed by atoms with van der Waals surface area (Å²) in [5.41, 5.74) is 0. The van der Waals surface area contributed by atoms with Crippen molar-refractivity contribution >= 4 is 10.1 Å². The molecule has 8 heavy (non-hydrogen) atoms. The Morgan fingerprint density at radius 3 is 1.50 bits per heavy atom. The van der Waals surface area contributed by atoms with Crippen molar-refractivity contribution in [2.24, 2.45) is 11.7 Å². The molecule has 0 unspecified atom stereocenters. The van der Waals surface area contributed by atoms with Gasteiger partial charge in [-0.15, -0.1) is 0 Å². The second-order valence-corrected chi connectivity index (χ2v) is 2.13. The molecule has 0 fully saturated rings. The topological polar surface area (TPSA) is 127 Å². The van der Waals surface area contributed by atoms with Crippen LogP contribution in [0, 0.1) is 0 Å². The van der Waals surface area contributed by atoms with Crippen LogP contribution in [0.1, 0.15) is 0 Å². The van der Waals surface area contributed by atoms with Gasteiger partial charge in [0.05, 0.1) is 0 Å². The summed E-state index contributed by atoms with van der Waals surface area (Å²) in [6.07, 6.45) is 0. The Bertz CT molecular complexity index is 116. The van der Waals surface area contributed by atoms with Crippen molar-refractivity contribution in [1.29, 1.82) is 0 Å². The first-order chi connectivity index (χ1) is 3.56. The fraction of sp³-hybridized carbons (Fsp3) is 1.00. The van der Waals surface area contributed by atoms with Gasteiger partial charge >= 0.3 is 0 Å². The zero-order chi connectivity index (χ0) is 7.21. The van der Waals surface area contributed by atoms with E-state index in [4.69, 9.17) is 9.66 Å². The minimum Gasteiger partial charge on any atom is -0.378 e. The smallest absolute Gasteiger partial charge is 0.289 e. The number of rotatable bonds is 1. The molecule has 0 aliphatic carbocycles. The molecule has 0 spiro atoms. The minimum atomic E-state index is -4.11. The summed E-state index contributed by atoms with van der Waals surface area (Å²) in [4.78, 5) is 0. The van der Waals surface area contributed by atoms with Gasteiger partial charge in [-0.1, -0.05) is 0 Å². The largest absolute Gasteiger partial charge is 0.378 e. The number of aliphatic hydroxyl groups excluding tert-OH is 1. The summed E-state index contributed by atoms with van der Waals surface area (Å²) < 4.78 is 26.2. The molecule has 0 heterocycles. The van der Waals surface area contributed by atoms with E-state index in [0.717, 1.165) is 0 Å². The summed E-state index contributed by atoms with van der Waals surface area (Å²) >= 11 is 0. The molecule has 0 bridgehead atoms. The highest BCUT2D eigenvalue weighted by Gasteiger charge is 1.95. The van der Waals surface area contributed by atoms with Gasteiger partial charge in [0.1, 0.15) is 0 Å². The van der Waals surface area contributed by atoms with Gasteiger partial charge in [0.15, 0.2) is 5.94 Å². The van der Waals surface area contributed by atoms with Crippen molar-refractivity contribution in [2.45, 2.75) is 0 Å². The highest BCUT2D eigenvalue weighted by atomic mass is 32.2. The zero-order valence-corrected chi connectivity index (χ0v) is 4.80. The first-order valence-corrected chi connectivity index (χ1v) is 3.06. The maximum Gasteiger partial charge on any atom is 0.289 e. The minimum absolute atomic E-state index is 1.20. The number of aliphatic hydroxyl groups is 1. The van der Waals surface area contributed by atoms with Crippen LogP contribution < -0.4 is 11.7 Å². The van der Waals surface area contributed by atoms with Crippen LogP contribution >= 0.6 is 0 Å². The van der Waals surface area contributed by atoms with E-state index in [1.54, 1.807) is 0 Å². The Kier molecular flexibility index (Phi) is 6.61. The Labute approximate surface area is 46.8 Å². The van der Waals surface area contributed by atoms with Gasteiger partial charge in [-0.25, -0.2) is 0 Å². The lowest BCUT2D eigenvalue weighted by Crippen LogP contribution is -2.02. The van der Waals surface area contributed by atoms with E-state index in [0.29, 0.717) is 0 Å². The molecule has 0 aliphatic rings. The van der Waals surface area contributed by atoms with Crippen molar-refractivity contribution in [3.8, 4) is 0 Å². The standard InChI is InChI=1S/CH4O4S.H4N2/c2-1-6(3,4)5;1-2/h2H,1H2,(H,3,4,5);1-2H2. The summed E-state index contributed by atoms with van der Waals surface area (Å²) in [5.74, 6) is 6.80. The van der Waals surface area contributed by atoms with Crippen LogP contribution in [-0.2, 0) is 10.1 Å². The molecular formula is CH8N2O4S. The molecular weight excluding hydrogens is 136 g/mol. The lowest BCUT2D eigenvalue weighted by molar-refractivity contribution is 0.336. The maximum absolute atomic E-state index is 9.31. The fourth-order valence-electron chi connectivity index (χ4n) is 0. The van der Waals surface area contributed by atoms with Gasteiger partial charge in [0, 0.05) is 0 Å². The highest BCUT2D eigenvalue weighted by Crippen LogP contribution is 1.70. The molecule has 6 nitrogen and oxygen atoms in total. The predicted molar refractivity (Wildman–Crippen MR) is 27.0 cm³/mol. The van der Waals surface area contributed by atoms with Crippen molar-refractivity contribution in [3.05, 3.63) is 0 Å². The van der Waals surface area contributed by atoms with Crippen molar-refractivity contribution in [1.82, 2.24) is 0 Å². The third-order valence-electron chi connectivity index (χ3n) is 0.163. The molecule has 0 amide bonds. The van der Waals surface area contributed by atoms with Gasteiger partial charge < -0.3 is 5.11 Å². The average molecular weight is 144 g/mol. The molecule has 0 atom stereocenters. The van der Waals surface area contributed by atoms with Crippen molar-refractivity contribution in [2.75, 3.05) is 5.94 Å². The van der Waals surface area contributed by atoms with E-state index in [2.05, 4.69) is 11.7 Å². The van der Waals surface area contributed by atoms with Crippen LogP contribution in [-0.4, -0.2) is 24.0 Å². The van der Waals surface area contributed by atoms with Crippen LogP contribution in [0.5, 0.6) is 0 Å². The van der Waals surface area contributed by atoms with Crippen LogP contribution in [0.3, 0.4) is 0 Å². The van der Waals surface area contributed by atoms with Gasteiger partial charge in [0.2, 0.25) is 0 Å². The van der Waals surface area contributed by atoms with Gasteiger partial charge in [-0.2, -0.15) is 8.42 Å². The quantitative estimate of drug-likeness (QED) is 0.185. The molecule has 6 N–H and O–H groups in total. The number of nitrogens with two attached hydrogens (primary N) is 2. The van der Waals surface area contributed by atoms with Crippen molar-refractivity contribution in [3.63, 3.8) is 0 Å². The second-order valence-electron chi connectivity index (χ2n) is 0.711. The van der Waals surface area contributed by atoms with E-state index < -0.39 is 16.1 Å². The van der Waals surface area contributed by atoms with Gasteiger partial charge in [-0.3, -0.25) is 16.2 Å². The summed E-state index contributed by atoms with van der Waals surface area (Å²) in [6, 6.07) is 0. The third-order valence-corrected chi connectivity index (χ3v) is 0.489. The van der Waals surface area contributed by atoms with E-state index >= 15 is 0 Å². The molecule has 0 rings (SSSR count). The fourth-order valence-corrected chi connectivity index (χ4v) is 0. The monoisotopic (exact) mass is 144 g/mol. The zero-order valence-electron chi connectivity index (χ0n) is 3.98. The average Bonchev–Trinajstić information content (AvgIpc) is 1.71. The SMILES string of the molecule is NN.O=S(=O)(O)CO. The first kappa shape index (κ1) is 10.7. The summed E-state index contributed by atoms with van der Waals surface area (Å²) in [5, 5.41) is 7.56. The summed E-state index contributed by atoms with van der Waals surface area (Å²) in [7, 11) is -4.11. The van der Waals surface area contributed by atoms with Crippen LogP contribution in [0.2, 0.25) is 0 Å².